The van der Waals surface area contributed by atoms with Gasteiger partial charge in [0, 0.05) is 10.8 Å². The molecule has 2 aliphatic carbocycles. The highest BCUT2D eigenvalue weighted by Crippen LogP contribution is 2.64. The molecule has 3 atom stereocenters. The monoisotopic (exact) mass is 446 g/mol. The van der Waals surface area contributed by atoms with Crippen LogP contribution in [0.4, 0.5) is 0 Å². The second-order valence-electron chi connectivity index (χ2n) is 10.4. The molecular weight excluding hydrogens is 412 g/mol. The highest BCUT2D eigenvalue weighted by Gasteiger charge is 2.67. The van der Waals surface area contributed by atoms with Gasteiger partial charge in [-0.1, -0.05) is 41.5 Å². The Balaban J connectivity index is 0.000000208. The molecule has 0 aromatic heterocycles. The lowest BCUT2D eigenvalue weighted by molar-refractivity contribution is -0.128. The predicted octanol–water partition coefficient (Wildman–Crippen LogP) is 2.51. The number of Topliss-reactive ketones (excluding diaryl/α,β-unsaturated/α-hetero) is 3. The number of fused-ring (bicyclic) bond motifs is 2. The molecule has 6 nitrogen and oxygen atoms in total. The molecule has 3 unspecified atom stereocenters. The summed E-state index contributed by atoms with van der Waals surface area (Å²) in [6, 6.07) is 0. The van der Waals surface area contributed by atoms with Crippen LogP contribution in [-0.4, -0.2) is 52.8 Å². The first kappa shape index (κ1) is 24.5. The second kappa shape index (κ2) is 8.08. The molecule has 3 fully saturated rings. The highest BCUT2D eigenvalue weighted by molar-refractivity contribution is 7.97. The minimum absolute atomic E-state index is 0.188. The van der Waals surface area contributed by atoms with Crippen molar-refractivity contribution in [2.24, 2.45) is 22.2 Å². The van der Waals surface area contributed by atoms with Gasteiger partial charge in [0.1, 0.15) is 32.7 Å². The van der Waals surface area contributed by atoms with Crippen LogP contribution in [-0.2, 0) is 35.4 Å². The first-order chi connectivity index (χ1) is 13.0. The normalized spacial score (nSPS) is 32.1. The van der Waals surface area contributed by atoms with Crippen LogP contribution >= 0.6 is 0 Å². The third kappa shape index (κ3) is 4.79. The van der Waals surface area contributed by atoms with Gasteiger partial charge in [0.15, 0.2) is 17.3 Å². The molecule has 0 spiro atoms. The Morgan fingerprint density at radius 1 is 1.14 bits per heavy atom. The van der Waals surface area contributed by atoms with Crippen LogP contribution in [0.2, 0.25) is 0 Å². The van der Waals surface area contributed by atoms with Gasteiger partial charge in [0.25, 0.3) is 0 Å². The summed E-state index contributed by atoms with van der Waals surface area (Å²) >= 11 is 0. The molecule has 3 aliphatic rings. The molecule has 166 valence electrons. The second-order valence-corrected chi connectivity index (χ2v) is 14.2. The maximum Gasteiger partial charge on any atom is 0.187 e. The summed E-state index contributed by atoms with van der Waals surface area (Å²) in [5, 5.41) is -1.30. The van der Waals surface area contributed by atoms with Gasteiger partial charge in [-0.3, -0.25) is 14.4 Å². The minimum atomic E-state index is -4.49. The number of carbonyl (C=O) groups is 3. The van der Waals surface area contributed by atoms with Crippen molar-refractivity contribution in [3.05, 3.63) is 0 Å². The van der Waals surface area contributed by atoms with E-state index in [4.69, 9.17) is 0 Å². The summed E-state index contributed by atoms with van der Waals surface area (Å²) in [4.78, 5) is 34.7. The first-order valence-corrected chi connectivity index (χ1v) is 13.4. The summed E-state index contributed by atoms with van der Waals surface area (Å²) in [6.07, 6.45) is 2.76. The standard InChI is InChI=1S/C11H19O2S.C10H16O4S/c1-11(2,3)10(13)8-14-6-4-9(12)5-7-14;1-9(2)6-4-5-10(9,3)8(11)7(6)15(12,13)14/h4-8H2,1-3H3;6-7H,4-5H2,1-3H3,(H,12,13,14)/q+1;/p-1. The van der Waals surface area contributed by atoms with E-state index >= 15 is 0 Å². The van der Waals surface area contributed by atoms with Crippen LogP contribution in [0.15, 0.2) is 0 Å². The first-order valence-electron chi connectivity index (χ1n) is 10.2. The Morgan fingerprint density at radius 3 is 2.00 bits per heavy atom. The SMILES string of the molecule is CC(C)(C)C(=O)C[S+]1CCC(=O)CC1.CC12CCC(C(S(=O)(=O)[O-])C1=O)C2(C)C. The maximum absolute atomic E-state index is 12.0. The Kier molecular flexibility index (Phi) is 6.83. The largest absolute Gasteiger partial charge is 0.747 e. The highest BCUT2D eigenvalue weighted by atomic mass is 32.2. The number of hydrogen-bond acceptors (Lipinski definition) is 6. The van der Waals surface area contributed by atoms with E-state index in [0.717, 1.165) is 11.5 Å². The van der Waals surface area contributed by atoms with E-state index in [9.17, 15) is 27.4 Å². The van der Waals surface area contributed by atoms with Gasteiger partial charge in [-0.15, -0.1) is 0 Å². The maximum atomic E-state index is 12.0. The zero-order valence-corrected chi connectivity index (χ0v) is 20.0. The van der Waals surface area contributed by atoms with Gasteiger partial charge < -0.3 is 4.55 Å². The minimum Gasteiger partial charge on any atom is -0.747 e. The van der Waals surface area contributed by atoms with E-state index in [2.05, 4.69) is 0 Å². The quantitative estimate of drug-likeness (QED) is 0.487. The molecule has 0 aromatic carbocycles. The average Bonchev–Trinajstić information content (AvgIpc) is 2.88. The van der Waals surface area contributed by atoms with Crippen LogP contribution in [0.5, 0.6) is 0 Å². The fourth-order valence-electron chi connectivity index (χ4n) is 4.63. The van der Waals surface area contributed by atoms with Crippen molar-refractivity contribution in [2.75, 3.05) is 17.3 Å². The zero-order chi connectivity index (χ0) is 22.4. The summed E-state index contributed by atoms with van der Waals surface area (Å²) in [5.74, 6) is 2.64. The molecule has 0 N–H and O–H groups in total. The molecule has 0 amide bonds. The lowest BCUT2D eigenvalue weighted by atomic mass is 9.70. The fraction of sp³-hybridized carbons (Fsp3) is 0.857. The molecule has 1 aliphatic heterocycles. The van der Waals surface area contributed by atoms with Gasteiger partial charge in [-0.05, 0) is 35.1 Å². The lowest BCUT2D eigenvalue weighted by Gasteiger charge is -2.32. The van der Waals surface area contributed by atoms with E-state index in [0.29, 0.717) is 43.0 Å². The van der Waals surface area contributed by atoms with Crippen LogP contribution in [0.25, 0.3) is 0 Å². The van der Waals surface area contributed by atoms with Gasteiger partial charge in [0.05, 0.1) is 12.8 Å². The van der Waals surface area contributed by atoms with Gasteiger partial charge in [0.2, 0.25) is 0 Å². The molecular formula is C21H34O6S2. The van der Waals surface area contributed by atoms with Crippen molar-refractivity contribution in [3.8, 4) is 0 Å². The Bertz CT molecular complexity index is 782. The van der Waals surface area contributed by atoms with Crippen LogP contribution < -0.4 is 0 Å². The van der Waals surface area contributed by atoms with Gasteiger partial charge in [-0.2, -0.15) is 0 Å². The van der Waals surface area contributed by atoms with E-state index in [1.54, 1.807) is 6.92 Å². The number of rotatable bonds is 3. The Morgan fingerprint density at radius 2 is 1.66 bits per heavy atom. The third-order valence-corrected chi connectivity index (χ3v) is 10.7. The van der Waals surface area contributed by atoms with Crippen LogP contribution in [0, 0.1) is 22.2 Å². The molecule has 1 heterocycles. The Hall–Kier alpha value is -0.730. The predicted molar refractivity (Wildman–Crippen MR) is 114 cm³/mol. The molecule has 0 radical (unpaired) electrons. The third-order valence-electron chi connectivity index (χ3n) is 7.29. The number of hydrogen-bond donors (Lipinski definition) is 0. The molecule has 2 bridgehead atoms. The van der Waals surface area contributed by atoms with Crippen LogP contribution in [0.3, 0.4) is 0 Å². The summed E-state index contributed by atoms with van der Waals surface area (Å²) in [5.41, 5.74) is -1.21. The van der Waals surface area contributed by atoms with Crippen molar-refractivity contribution in [2.45, 2.75) is 72.5 Å². The number of ketones is 3. The molecule has 1 saturated heterocycles. The van der Waals surface area contributed by atoms with Crippen molar-refractivity contribution in [1.82, 2.24) is 0 Å². The fourth-order valence-corrected chi connectivity index (χ4v) is 8.36. The molecule has 0 aromatic rings. The van der Waals surface area contributed by atoms with E-state index in [1.165, 1.54) is 0 Å². The van der Waals surface area contributed by atoms with Crippen LogP contribution in [0.1, 0.15) is 67.2 Å². The molecule has 8 heteroatoms. The van der Waals surface area contributed by atoms with Gasteiger partial charge in [-0.25, -0.2) is 8.42 Å². The summed E-state index contributed by atoms with van der Waals surface area (Å²) in [7, 11) is -4.30. The van der Waals surface area contributed by atoms with Crippen molar-refractivity contribution in [3.63, 3.8) is 0 Å². The average molecular weight is 447 g/mol. The molecule has 3 rings (SSSR count). The van der Waals surface area contributed by atoms with Crippen molar-refractivity contribution < 1.29 is 27.4 Å². The summed E-state index contributed by atoms with van der Waals surface area (Å²) < 4.78 is 33.3. The van der Waals surface area contributed by atoms with E-state index in [1.807, 2.05) is 34.6 Å². The molecule has 2 saturated carbocycles. The smallest absolute Gasteiger partial charge is 0.187 e. The van der Waals surface area contributed by atoms with E-state index < -0.39 is 20.8 Å². The Labute approximate surface area is 177 Å². The summed E-state index contributed by atoms with van der Waals surface area (Å²) in [6.45, 7) is 11.5. The van der Waals surface area contributed by atoms with E-state index in [-0.39, 0.29) is 33.4 Å². The number of carbonyl (C=O) groups excluding carboxylic acids is 3. The topological polar surface area (TPSA) is 108 Å². The van der Waals surface area contributed by atoms with Crippen molar-refractivity contribution >= 4 is 38.4 Å². The van der Waals surface area contributed by atoms with Gasteiger partial charge >= 0.3 is 0 Å². The van der Waals surface area contributed by atoms with Crippen molar-refractivity contribution in [1.29, 1.82) is 0 Å². The lowest BCUT2D eigenvalue weighted by Crippen LogP contribution is -2.38. The zero-order valence-electron chi connectivity index (χ0n) is 18.4. The molecule has 29 heavy (non-hydrogen) atoms.